The van der Waals surface area contributed by atoms with Crippen molar-refractivity contribution in [1.82, 2.24) is 0 Å². The molecule has 0 nitrogen and oxygen atoms in total. The zero-order valence-corrected chi connectivity index (χ0v) is 21.3. The van der Waals surface area contributed by atoms with Crippen molar-refractivity contribution in [2.24, 2.45) is 0 Å². The summed E-state index contributed by atoms with van der Waals surface area (Å²) in [6.07, 6.45) is 28.5. The van der Waals surface area contributed by atoms with Gasteiger partial charge >= 0.3 is 0 Å². The van der Waals surface area contributed by atoms with E-state index in [0.717, 1.165) is 0 Å². The summed E-state index contributed by atoms with van der Waals surface area (Å²) < 4.78 is 0. The molecule has 0 atom stereocenters. The summed E-state index contributed by atoms with van der Waals surface area (Å²) in [4.78, 5) is 0. The molecule has 6 bridgehead atoms. The third-order valence-electron chi connectivity index (χ3n) is 8.02. The smallest absolute Gasteiger partial charge is 0.0279 e. The fraction of sp³-hybridized carbons (Fsp3) is 0.636. The molecule has 5 rings (SSSR count). The topological polar surface area (TPSA) is 0 Å². The van der Waals surface area contributed by atoms with E-state index in [2.05, 4.69) is 36.4 Å². The van der Waals surface area contributed by atoms with Gasteiger partial charge in [-0.3, -0.25) is 0 Å². The van der Waals surface area contributed by atoms with Crippen LogP contribution < -0.4 is 0 Å². The van der Waals surface area contributed by atoms with Gasteiger partial charge in [-0.15, -0.1) is 0 Å². The molecule has 0 saturated heterocycles. The molecule has 2 aromatic rings. The normalized spacial score (nSPS) is 20.0. The van der Waals surface area contributed by atoms with Gasteiger partial charge in [-0.1, -0.05) is 94.2 Å². The van der Waals surface area contributed by atoms with Crippen molar-refractivity contribution in [1.29, 1.82) is 0 Å². The minimum Gasteiger partial charge on any atom is -0.0558 e. The van der Waals surface area contributed by atoms with Gasteiger partial charge in [0.1, 0.15) is 0 Å². The van der Waals surface area contributed by atoms with E-state index in [1.165, 1.54) is 135 Å². The molecule has 0 radical (unpaired) electrons. The van der Waals surface area contributed by atoms with Gasteiger partial charge in [-0.05, 0) is 110 Å². The number of hydrogen-bond acceptors (Lipinski definition) is 0. The number of benzene rings is 2. The molecule has 0 spiro atoms. The summed E-state index contributed by atoms with van der Waals surface area (Å²) in [7, 11) is 0. The molecule has 2 aromatic carbocycles. The molecule has 0 N–H and O–H groups in total. The maximum absolute atomic E-state index is 2.55. The second-order valence-corrected chi connectivity index (χ2v) is 11.1. The van der Waals surface area contributed by atoms with Gasteiger partial charge < -0.3 is 0 Å². The molecular weight excluding hydrogens is 396 g/mol. The van der Waals surface area contributed by atoms with Crippen LogP contribution in [-0.4, -0.2) is 0 Å². The second-order valence-electron chi connectivity index (χ2n) is 11.1. The molecule has 0 saturated carbocycles. The Labute approximate surface area is 204 Å². The molecule has 0 heterocycles. The first-order chi connectivity index (χ1) is 16.3. The Bertz CT molecular complexity index is 628. The Morgan fingerprint density at radius 1 is 0.212 bits per heavy atom. The summed E-state index contributed by atoms with van der Waals surface area (Å²) in [5, 5.41) is 0. The first-order valence-corrected chi connectivity index (χ1v) is 14.6. The third-order valence-corrected chi connectivity index (χ3v) is 8.02. The minimum atomic E-state index is 1.28. The zero-order chi connectivity index (χ0) is 22.6. The van der Waals surface area contributed by atoms with Crippen LogP contribution in [0.1, 0.15) is 130 Å². The maximum atomic E-state index is 2.55. The van der Waals surface area contributed by atoms with Crippen LogP contribution in [0.25, 0.3) is 0 Å². The van der Waals surface area contributed by atoms with Crippen LogP contribution in [0.15, 0.2) is 36.4 Å². The third kappa shape index (κ3) is 8.95. The Hall–Kier alpha value is -1.56. The quantitative estimate of drug-likeness (QED) is 0.379. The summed E-state index contributed by atoms with van der Waals surface area (Å²) in [6, 6.07) is 15.3. The predicted octanol–water partition coefficient (Wildman–Crippen LogP) is 9.52. The van der Waals surface area contributed by atoms with Gasteiger partial charge in [0.2, 0.25) is 0 Å². The molecule has 180 valence electrons. The molecule has 0 unspecified atom stereocenters. The van der Waals surface area contributed by atoms with Crippen LogP contribution in [-0.2, 0) is 38.5 Å². The number of hydrogen-bond donors (Lipinski definition) is 0. The Balaban J connectivity index is 1.52. The lowest BCUT2D eigenvalue weighted by Crippen LogP contribution is -1.98. The molecule has 0 amide bonds. The lowest BCUT2D eigenvalue weighted by molar-refractivity contribution is 0.601. The molecule has 0 fully saturated rings. The van der Waals surface area contributed by atoms with Crippen LogP contribution in [0.4, 0.5) is 0 Å². The average Bonchev–Trinajstić information content (AvgIpc) is 2.81. The number of aryl methyl sites for hydroxylation is 6. The second kappa shape index (κ2) is 14.0. The van der Waals surface area contributed by atoms with Gasteiger partial charge in [0, 0.05) is 0 Å². The molecular formula is C33H48. The first kappa shape index (κ1) is 24.6. The van der Waals surface area contributed by atoms with E-state index in [-0.39, 0.29) is 0 Å². The van der Waals surface area contributed by atoms with E-state index in [0.29, 0.717) is 0 Å². The maximum Gasteiger partial charge on any atom is -0.0279 e. The van der Waals surface area contributed by atoms with Crippen molar-refractivity contribution in [3.8, 4) is 0 Å². The van der Waals surface area contributed by atoms with E-state index in [4.69, 9.17) is 0 Å². The van der Waals surface area contributed by atoms with E-state index in [9.17, 15) is 0 Å². The Kier molecular flexibility index (Phi) is 10.4. The lowest BCUT2D eigenvalue weighted by Gasteiger charge is -2.13. The van der Waals surface area contributed by atoms with Crippen molar-refractivity contribution in [2.45, 2.75) is 135 Å². The number of rotatable bonds is 0. The SMILES string of the molecule is c1c2cc3cc1CCCCCCCc1cc(cc(c1)CCCCCCC3)CCCCCCC2. The van der Waals surface area contributed by atoms with Crippen molar-refractivity contribution in [3.05, 3.63) is 69.8 Å². The highest BCUT2D eigenvalue weighted by atomic mass is 14.1. The van der Waals surface area contributed by atoms with Crippen LogP contribution in [0.2, 0.25) is 0 Å². The zero-order valence-electron chi connectivity index (χ0n) is 21.3. The Morgan fingerprint density at radius 2 is 0.364 bits per heavy atom. The summed E-state index contributed by atoms with van der Waals surface area (Å²) in [5.74, 6) is 0. The summed E-state index contributed by atoms with van der Waals surface area (Å²) >= 11 is 0. The van der Waals surface area contributed by atoms with Crippen molar-refractivity contribution in [3.63, 3.8) is 0 Å². The van der Waals surface area contributed by atoms with Crippen LogP contribution in [0, 0.1) is 0 Å². The van der Waals surface area contributed by atoms with E-state index < -0.39 is 0 Å². The van der Waals surface area contributed by atoms with E-state index >= 15 is 0 Å². The number of fused-ring (bicyclic) bond motifs is 18. The van der Waals surface area contributed by atoms with Crippen LogP contribution in [0.3, 0.4) is 0 Å². The highest BCUT2D eigenvalue weighted by Crippen LogP contribution is 2.22. The Morgan fingerprint density at radius 3 is 0.545 bits per heavy atom. The highest BCUT2D eigenvalue weighted by molar-refractivity contribution is 5.32. The summed E-state index contributed by atoms with van der Waals surface area (Å²) in [6.45, 7) is 0. The minimum absolute atomic E-state index is 1.28. The molecule has 0 heteroatoms. The molecule has 3 aliphatic carbocycles. The standard InChI is InChI=1S/C33H48/c1-4-10-16-28-22-30-18-12-6-2-7-13-19-31-23-29(17-11-5-1)25-33(27-31)21-15-9-3-8-14-20-32(24-28)26-30/h22-27H,1-21H2. The van der Waals surface area contributed by atoms with Gasteiger partial charge in [0.25, 0.3) is 0 Å². The van der Waals surface area contributed by atoms with E-state index in [1.54, 1.807) is 33.4 Å². The monoisotopic (exact) mass is 444 g/mol. The summed E-state index contributed by atoms with van der Waals surface area (Å²) in [5.41, 5.74) is 9.73. The molecule has 33 heavy (non-hydrogen) atoms. The fourth-order valence-corrected chi connectivity index (χ4v) is 6.11. The van der Waals surface area contributed by atoms with Gasteiger partial charge in [0.15, 0.2) is 0 Å². The lowest BCUT2D eigenvalue weighted by atomic mass is 9.93. The van der Waals surface area contributed by atoms with Gasteiger partial charge in [-0.2, -0.15) is 0 Å². The van der Waals surface area contributed by atoms with Crippen molar-refractivity contribution >= 4 is 0 Å². The fourth-order valence-electron chi connectivity index (χ4n) is 6.11. The van der Waals surface area contributed by atoms with Crippen LogP contribution >= 0.6 is 0 Å². The van der Waals surface area contributed by atoms with E-state index in [1.807, 2.05) is 0 Å². The first-order valence-electron chi connectivity index (χ1n) is 14.6. The van der Waals surface area contributed by atoms with Crippen molar-refractivity contribution < 1.29 is 0 Å². The van der Waals surface area contributed by atoms with Crippen molar-refractivity contribution in [2.75, 3.05) is 0 Å². The van der Waals surface area contributed by atoms with Crippen LogP contribution in [0.5, 0.6) is 0 Å². The molecule has 0 aliphatic heterocycles. The van der Waals surface area contributed by atoms with Gasteiger partial charge in [0.05, 0.1) is 0 Å². The average molecular weight is 445 g/mol. The van der Waals surface area contributed by atoms with Gasteiger partial charge in [-0.25, -0.2) is 0 Å². The molecule has 0 aromatic heterocycles. The molecule has 3 aliphatic rings. The predicted molar refractivity (Wildman–Crippen MR) is 144 cm³/mol. The largest absolute Gasteiger partial charge is 0.0558 e. The highest BCUT2D eigenvalue weighted by Gasteiger charge is 2.07.